The first-order valence-corrected chi connectivity index (χ1v) is 8.45. The van der Waals surface area contributed by atoms with Gasteiger partial charge in [0.2, 0.25) is 0 Å². The zero-order valence-electron chi connectivity index (χ0n) is 11.7. The molecule has 2 nitrogen and oxygen atoms in total. The molecule has 0 aliphatic carbocycles. The molecule has 0 bridgehead atoms. The molecule has 20 heavy (non-hydrogen) atoms. The van der Waals surface area contributed by atoms with Crippen LogP contribution in [0, 0.1) is 0 Å². The molecule has 2 heterocycles. The molecule has 106 valence electrons. The van der Waals surface area contributed by atoms with E-state index < -0.39 is 0 Å². The summed E-state index contributed by atoms with van der Waals surface area (Å²) < 4.78 is 7.28. The average Bonchev–Trinajstić information content (AvgIpc) is 2.92. The summed E-state index contributed by atoms with van der Waals surface area (Å²) in [7, 11) is 0. The second-order valence-electron chi connectivity index (χ2n) is 5.74. The Morgan fingerprint density at radius 3 is 2.90 bits per heavy atom. The zero-order valence-corrected chi connectivity index (χ0v) is 14.1. The summed E-state index contributed by atoms with van der Waals surface area (Å²) >= 11 is 5.33. The van der Waals surface area contributed by atoms with Crippen LogP contribution in [-0.4, -0.2) is 5.60 Å². The van der Waals surface area contributed by atoms with Gasteiger partial charge in [-0.2, -0.15) is 0 Å². The molecule has 0 saturated carbocycles. The van der Waals surface area contributed by atoms with Crippen molar-refractivity contribution in [3.63, 3.8) is 0 Å². The molecule has 0 amide bonds. The number of benzene rings is 1. The summed E-state index contributed by atoms with van der Waals surface area (Å²) in [5.41, 5.74) is 2.50. The Kier molecular flexibility index (Phi) is 3.89. The Balaban J connectivity index is 1.68. The molecule has 0 saturated heterocycles. The van der Waals surface area contributed by atoms with Crippen LogP contribution < -0.4 is 10.1 Å². The van der Waals surface area contributed by atoms with Crippen molar-refractivity contribution < 1.29 is 4.74 Å². The molecule has 1 aliphatic heterocycles. The van der Waals surface area contributed by atoms with E-state index in [1.54, 1.807) is 11.3 Å². The van der Waals surface area contributed by atoms with Gasteiger partial charge in [0.05, 0.1) is 0 Å². The van der Waals surface area contributed by atoms with Crippen molar-refractivity contribution in [2.45, 2.75) is 39.0 Å². The second-order valence-corrected chi connectivity index (χ2v) is 7.59. The number of para-hydroxylation sites is 1. The molecule has 3 rings (SSSR count). The van der Waals surface area contributed by atoms with E-state index in [1.807, 2.05) is 0 Å². The van der Waals surface area contributed by atoms with Crippen LogP contribution in [0.25, 0.3) is 0 Å². The minimum absolute atomic E-state index is 0.0742. The van der Waals surface area contributed by atoms with Crippen LogP contribution in [0.1, 0.15) is 29.9 Å². The maximum atomic E-state index is 6.09. The first kappa shape index (κ1) is 14.1. The lowest BCUT2D eigenvalue weighted by molar-refractivity contribution is 0.137. The van der Waals surface area contributed by atoms with Gasteiger partial charge in [-0.05, 0) is 46.8 Å². The third-order valence-electron chi connectivity index (χ3n) is 3.46. The number of hydrogen-bond donors (Lipinski definition) is 1. The van der Waals surface area contributed by atoms with E-state index >= 15 is 0 Å². The molecule has 0 unspecified atom stereocenters. The van der Waals surface area contributed by atoms with E-state index in [1.165, 1.54) is 20.5 Å². The molecule has 0 radical (unpaired) electrons. The lowest BCUT2D eigenvalue weighted by Crippen LogP contribution is -2.25. The normalized spacial score (nSPS) is 15.9. The van der Waals surface area contributed by atoms with Crippen LogP contribution in [0.4, 0.5) is 0 Å². The topological polar surface area (TPSA) is 21.3 Å². The van der Waals surface area contributed by atoms with E-state index in [2.05, 4.69) is 64.7 Å². The Morgan fingerprint density at radius 2 is 2.15 bits per heavy atom. The monoisotopic (exact) mass is 351 g/mol. The SMILES string of the molecule is CC1(C)Cc2cccc(CNCc3sccc3Br)c2O1. The highest BCUT2D eigenvalue weighted by atomic mass is 79.9. The minimum atomic E-state index is -0.0742. The van der Waals surface area contributed by atoms with Crippen LogP contribution >= 0.6 is 27.3 Å². The molecular formula is C16H18BrNOS. The minimum Gasteiger partial charge on any atom is -0.487 e. The molecule has 1 aliphatic rings. The van der Waals surface area contributed by atoms with Crippen LogP contribution in [0.3, 0.4) is 0 Å². The number of nitrogens with one attached hydrogen (secondary N) is 1. The van der Waals surface area contributed by atoms with E-state index in [4.69, 9.17) is 4.74 Å². The highest BCUT2D eigenvalue weighted by Gasteiger charge is 2.31. The molecule has 0 spiro atoms. The highest BCUT2D eigenvalue weighted by molar-refractivity contribution is 9.10. The average molecular weight is 352 g/mol. The maximum Gasteiger partial charge on any atom is 0.127 e. The number of thiophene rings is 1. The molecule has 1 aromatic heterocycles. The molecule has 0 fully saturated rings. The number of hydrogen-bond acceptors (Lipinski definition) is 3. The first-order valence-electron chi connectivity index (χ1n) is 6.77. The predicted octanol–water partition coefficient (Wildman–Crippen LogP) is 4.51. The van der Waals surface area contributed by atoms with Gasteiger partial charge in [0.1, 0.15) is 11.4 Å². The summed E-state index contributed by atoms with van der Waals surface area (Å²) in [6, 6.07) is 8.54. The van der Waals surface area contributed by atoms with E-state index in [-0.39, 0.29) is 5.60 Å². The maximum absolute atomic E-state index is 6.09. The Labute approximate surface area is 132 Å². The van der Waals surface area contributed by atoms with Crippen molar-refractivity contribution in [1.82, 2.24) is 5.32 Å². The predicted molar refractivity (Wildman–Crippen MR) is 87.4 cm³/mol. The lowest BCUT2D eigenvalue weighted by Gasteiger charge is -2.18. The molecular weight excluding hydrogens is 334 g/mol. The van der Waals surface area contributed by atoms with Gasteiger partial charge in [0.15, 0.2) is 0 Å². The van der Waals surface area contributed by atoms with Crippen molar-refractivity contribution in [2.24, 2.45) is 0 Å². The van der Waals surface area contributed by atoms with Crippen LogP contribution in [0.5, 0.6) is 5.75 Å². The summed E-state index contributed by atoms with van der Waals surface area (Å²) in [6.07, 6.45) is 0.993. The van der Waals surface area contributed by atoms with E-state index in [0.29, 0.717) is 0 Å². The zero-order chi connectivity index (χ0) is 14.2. The molecule has 1 aromatic carbocycles. The molecule has 0 atom stereocenters. The van der Waals surface area contributed by atoms with Crippen molar-refractivity contribution in [3.05, 3.63) is 50.1 Å². The van der Waals surface area contributed by atoms with Crippen molar-refractivity contribution in [2.75, 3.05) is 0 Å². The third kappa shape index (κ3) is 2.92. The Bertz CT molecular complexity index is 621. The Morgan fingerprint density at radius 1 is 1.30 bits per heavy atom. The third-order valence-corrected chi connectivity index (χ3v) is 5.39. The smallest absolute Gasteiger partial charge is 0.127 e. The van der Waals surface area contributed by atoms with Crippen LogP contribution in [0.2, 0.25) is 0 Å². The van der Waals surface area contributed by atoms with Gasteiger partial charge in [-0.3, -0.25) is 0 Å². The second kappa shape index (κ2) is 5.51. The van der Waals surface area contributed by atoms with Gasteiger partial charge in [0.25, 0.3) is 0 Å². The van der Waals surface area contributed by atoms with E-state index in [9.17, 15) is 0 Å². The first-order chi connectivity index (χ1) is 9.55. The fraction of sp³-hybridized carbons (Fsp3) is 0.375. The van der Waals surface area contributed by atoms with Crippen LogP contribution in [-0.2, 0) is 19.5 Å². The van der Waals surface area contributed by atoms with Crippen molar-refractivity contribution >= 4 is 27.3 Å². The number of fused-ring (bicyclic) bond motifs is 1. The number of ether oxygens (including phenoxy) is 1. The van der Waals surface area contributed by atoms with Gasteiger partial charge >= 0.3 is 0 Å². The molecule has 1 N–H and O–H groups in total. The van der Waals surface area contributed by atoms with Gasteiger partial charge < -0.3 is 10.1 Å². The summed E-state index contributed by atoms with van der Waals surface area (Å²) in [6.45, 7) is 6.01. The number of rotatable bonds is 4. The Hall–Kier alpha value is -0.840. The van der Waals surface area contributed by atoms with Gasteiger partial charge in [0, 0.05) is 34.4 Å². The van der Waals surface area contributed by atoms with Gasteiger partial charge in [-0.15, -0.1) is 11.3 Å². The molecule has 4 heteroatoms. The highest BCUT2D eigenvalue weighted by Crippen LogP contribution is 2.37. The van der Waals surface area contributed by atoms with E-state index in [0.717, 1.165) is 25.3 Å². The van der Waals surface area contributed by atoms with Crippen LogP contribution in [0.15, 0.2) is 34.1 Å². The summed E-state index contributed by atoms with van der Waals surface area (Å²) in [4.78, 5) is 1.33. The summed E-state index contributed by atoms with van der Waals surface area (Å²) in [5, 5.41) is 5.61. The lowest BCUT2D eigenvalue weighted by atomic mass is 10.0. The summed E-state index contributed by atoms with van der Waals surface area (Å²) in [5.74, 6) is 1.08. The van der Waals surface area contributed by atoms with Crippen molar-refractivity contribution in [3.8, 4) is 5.75 Å². The van der Waals surface area contributed by atoms with Crippen molar-refractivity contribution in [1.29, 1.82) is 0 Å². The fourth-order valence-corrected chi connectivity index (χ4v) is 4.04. The quantitative estimate of drug-likeness (QED) is 0.874. The largest absolute Gasteiger partial charge is 0.487 e. The number of halogens is 1. The standard InChI is InChI=1S/C16H18BrNOS/c1-16(2)8-11-4-3-5-12(15(11)19-16)9-18-10-14-13(17)6-7-20-14/h3-7,18H,8-10H2,1-2H3. The molecule has 2 aromatic rings. The van der Waals surface area contributed by atoms with Gasteiger partial charge in [-0.1, -0.05) is 18.2 Å². The van der Waals surface area contributed by atoms with Gasteiger partial charge in [-0.25, -0.2) is 0 Å². The fourth-order valence-electron chi connectivity index (χ4n) is 2.58.